The predicted molar refractivity (Wildman–Crippen MR) is 128 cm³/mol. The van der Waals surface area contributed by atoms with Gasteiger partial charge in [0.1, 0.15) is 5.75 Å². The molecular formula is C26H31N3O7. The number of carbonyl (C=O) groups excluding carboxylic acids is 4. The molecule has 2 atom stereocenters. The number of carboxylic acids is 1. The second-order valence-electron chi connectivity index (χ2n) is 9.05. The van der Waals surface area contributed by atoms with Gasteiger partial charge >= 0.3 is 5.97 Å². The van der Waals surface area contributed by atoms with Crippen molar-refractivity contribution < 1.29 is 33.8 Å². The van der Waals surface area contributed by atoms with E-state index >= 15 is 0 Å². The number of aliphatic carboxylic acids is 1. The molecule has 2 rings (SSSR count). The van der Waals surface area contributed by atoms with Crippen molar-refractivity contribution >= 4 is 29.5 Å². The fraction of sp³-hybridized carbons (Fsp3) is 0.462. The Morgan fingerprint density at radius 1 is 1.08 bits per heavy atom. The van der Waals surface area contributed by atoms with E-state index in [-0.39, 0.29) is 42.8 Å². The number of carbonyl (C=O) groups is 5. The third-order valence-corrected chi connectivity index (χ3v) is 5.73. The van der Waals surface area contributed by atoms with Crippen molar-refractivity contribution in [3.05, 3.63) is 41.7 Å². The molecule has 0 spiro atoms. The van der Waals surface area contributed by atoms with E-state index in [9.17, 15) is 24.0 Å². The van der Waals surface area contributed by atoms with Gasteiger partial charge in [0.25, 0.3) is 11.8 Å². The van der Waals surface area contributed by atoms with Gasteiger partial charge in [0.2, 0.25) is 5.91 Å². The Kier molecular flexibility index (Phi) is 10.3. The average molecular weight is 498 g/mol. The number of ketones is 1. The number of benzene rings is 1. The van der Waals surface area contributed by atoms with Gasteiger partial charge in [-0.1, -0.05) is 27.2 Å². The molecule has 10 nitrogen and oxygen atoms in total. The van der Waals surface area contributed by atoms with Gasteiger partial charge in [-0.3, -0.25) is 28.9 Å². The van der Waals surface area contributed by atoms with Crippen LogP contribution in [0.1, 0.15) is 58.4 Å². The largest absolute Gasteiger partial charge is 0.481 e. The molecule has 192 valence electrons. The molecule has 0 saturated heterocycles. The van der Waals surface area contributed by atoms with E-state index in [0.29, 0.717) is 30.6 Å². The number of hydrogen-bond donors (Lipinski definition) is 2. The zero-order valence-corrected chi connectivity index (χ0v) is 20.7. The Hall–Kier alpha value is -4.00. The van der Waals surface area contributed by atoms with Crippen LogP contribution in [0.15, 0.2) is 36.1 Å². The molecule has 0 bridgehead atoms. The highest BCUT2D eigenvalue weighted by atomic mass is 16.5. The highest BCUT2D eigenvalue weighted by Gasteiger charge is 2.32. The number of carboxylic acid groups (broad SMARTS) is 1. The van der Waals surface area contributed by atoms with Crippen molar-refractivity contribution in [2.45, 2.75) is 58.9 Å². The first-order chi connectivity index (χ1) is 17.0. The summed E-state index contributed by atoms with van der Waals surface area (Å²) in [5.74, 6) is -3.46. The lowest BCUT2D eigenvalue weighted by atomic mass is 9.93. The van der Waals surface area contributed by atoms with Crippen molar-refractivity contribution in [2.24, 2.45) is 11.8 Å². The molecule has 1 heterocycles. The number of rotatable bonds is 14. The van der Waals surface area contributed by atoms with E-state index in [1.807, 2.05) is 6.07 Å². The summed E-state index contributed by atoms with van der Waals surface area (Å²) in [6.07, 6.45) is 2.70. The number of hydrogen-bond acceptors (Lipinski definition) is 7. The Bertz CT molecular complexity index is 1070. The molecule has 0 aliphatic carbocycles. The number of nitrogens with one attached hydrogen (secondary N) is 1. The molecule has 0 fully saturated rings. The van der Waals surface area contributed by atoms with Crippen LogP contribution in [0, 0.1) is 23.2 Å². The minimum atomic E-state index is -1.06. The van der Waals surface area contributed by atoms with Crippen LogP contribution in [0.4, 0.5) is 0 Å². The molecular weight excluding hydrogens is 466 g/mol. The zero-order valence-electron chi connectivity index (χ0n) is 20.7. The summed E-state index contributed by atoms with van der Waals surface area (Å²) in [6, 6.07) is 7.39. The number of imide groups is 1. The highest BCUT2D eigenvalue weighted by Crippen LogP contribution is 2.20. The van der Waals surface area contributed by atoms with Crippen LogP contribution in [-0.2, 0) is 24.0 Å². The van der Waals surface area contributed by atoms with Crippen LogP contribution in [-0.4, -0.2) is 52.1 Å². The van der Waals surface area contributed by atoms with Crippen LogP contribution in [0.5, 0.6) is 5.75 Å². The summed E-state index contributed by atoms with van der Waals surface area (Å²) in [5, 5.41) is 20.5. The lowest BCUT2D eigenvalue weighted by molar-refractivity contribution is -0.143. The van der Waals surface area contributed by atoms with Gasteiger partial charge < -0.3 is 15.2 Å². The molecule has 36 heavy (non-hydrogen) atoms. The van der Waals surface area contributed by atoms with Crippen LogP contribution in [0.3, 0.4) is 0 Å². The van der Waals surface area contributed by atoms with Crippen molar-refractivity contribution in [3.8, 4) is 11.8 Å². The number of Topliss-reactive ketones (excluding diaryl/α,β-unsaturated/α-hetero) is 1. The van der Waals surface area contributed by atoms with E-state index < -0.39 is 29.7 Å². The first-order valence-electron chi connectivity index (χ1n) is 11.8. The van der Waals surface area contributed by atoms with Crippen molar-refractivity contribution in [2.75, 3.05) is 6.54 Å². The maximum Gasteiger partial charge on any atom is 0.306 e. The van der Waals surface area contributed by atoms with Gasteiger partial charge in [-0.2, -0.15) is 5.26 Å². The monoisotopic (exact) mass is 497 g/mol. The topological polar surface area (TPSA) is 154 Å². The van der Waals surface area contributed by atoms with E-state index in [0.717, 1.165) is 11.0 Å². The smallest absolute Gasteiger partial charge is 0.306 e. The minimum Gasteiger partial charge on any atom is -0.481 e. The molecule has 1 aromatic rings. The number of amides is 3. The first-order valence-corrected chi connectivity index (χ1v) is 11.8. The van der Waals surface area contributed by atoms with Crippen molar-refractivity contribution in [3.63, 3.8) is 0 Å². The third kappa shape index (κ3) is 8.05. The van der Waals surface area contributed by atoms with E-state index in [4.69, 9.17) is 15.1 Å². The van der Waals surface area contributed by atoms with Crippen molar-refractivity contribution in [1.29, 1.82) is 5.26 Å². The molecule has 1 aliphatic rings. The summed E-state index contributed by atoms with van der Waals surface area (Å²) >= 11 is 0. The average Bonchev–Trinajstić information content (AvgIpc) is 3.09. The molecule has 1 aromatic carbocycles. The summed E-state index contributed by atoms with van der Waals surface area (Å²) < 4.78 is 5.49. The maximum absolute atomic E-state index is 12.5. The van der Waals surface area contributed by atoms with Crippen LogP contribution in [0.25, 0.3) is 0 Å². The number of nitrogens with zero attached hydrogens (tertiary/aromatic N) is 2. The third-order valence-electron chi connectivity index (χ3n) is 5.73. The minimum absolute atomic E-state index is 0.0919. The summed E-state index contributed by atoms with van der Waals surface area (Å²) in [4.78, 5) is 61.5. The summed E-state index contributed by atoms with van der Waals surface area (Å²) in [7, 11) is 0. The van der Waals surface area contributed by atoms with Crippen LogP contribution < -0.4 is 10.1 Å². The molecule has 0 saturated carbocycles. The highest BCUT2D eigenvalue weighted by molar-refractivity contribution is 6.15. The van der Waals surface area contributed by atoms with Gasteiger partial charge in [0, 0.05) is 19.4 Å². The fourth-order valence-corrected chi connectivity index (χ4v) is 3.61. The standard InChI is InChI=1S/C26H31N3O7/c1-16(2)24(20(30)13-17(3)26(34)35)28-22(31)7-5-4-6-12-29-23(32)14-21(25(29)33)36-19-10-8-18(15-27)9-11-19/h8-11,14,16-17,24H,4-7,12-13H2,1-3H3,(H,28,31)(H,34,35)/t17?,24-/m0/s1. The molecule has 1 aliphatic heterocycles. The molecule has 0 radical (unpaired) electrons. The fourth-order valence-electron chi connectivity index (χ4n) is 3.61. The SMILES string of the molecule is CC(CC(=O)[C@@H](NC(=O)CCCCCN1C(=O)C=C(Oc2ccc(C#N)cc2)C1=O)C(C)C)C(=O)O. The molecule has 2 N–H and O–H groups in total. The van der Waals surface area contributed by atoms with E-state index in [1.54, 1.807) is 26.0 Å². The molecule has 10 heteroatoms. The Balaban J connectivity index is 1.74. The maximum atomic E-state index is 12.5. The second kappa shape index (κ2) is 13.2. The van der Waals surface area contributed by atoms with Gasteiger partial charge in [-0.15, -0.1) is 0 Å². The number of ether oxygens (including phenoxy) is 1. The summed E-state index contributed by atoms with van der Waals surface area (Å²) in [6.45, 7) is 5.19. The Morgan fingerprint density at radius 3 is 2.33 bits per heavy atom. The second-order valence-corrected chi connectivity index (χ2v) is 9.05. The number of unbranched alkanes of at least 4 members (excludes halogenated alkanes) is 2. The van der Waals surface area contributed by atoms with E-state index in [2.05, 4.69) is 5.32 Å². The van der Waals surface area contributed by atoms with Crippen LogP contribution in [0.2, 0.25) is 0 Å². The predicted octanol–water partition coefficient (Wildman–Crippen LogP) is 2.57. The molecule has 1 unspecified atom stereocenters. The van der Waals surface area contributed by atoms with Crippen molar-refractivity contribution in [1.82, 2.24) is 10.2 Å². The summed E-state index contributed by atoms with van der Waals surface area (Å²) in [5.41, 5.74) is 0.444. The first kappa shape index (κ1) is 28.2. The molecule has 3 amide bonds. The van der Waals surface area contributed by atoms with E-state index in [1.165, 1.54) is 19.1 Å². The number of nitriles is 1. The molecule has 0 aromatic heterocycles. The van der Waals surface area contributed by atoms with Gasteiger partial charge in [-0.25, -0.2) is 0 Å². The normalized spacial score (nSPS) is 14.8. The Labute approximate surface area is 209 Å². The van der Waals surface area contributed by atoms with Gasteiger partial charge in [0.05, 0.1) is 29.7 Å². The van der Waals surface area contributed by atoms with Gasteiger partial charge in [-0.05, 0) is 43.0 Å². The lowest BCUT2D eigenvalue weighted by Gasteiger charge is -2.22. The quantitative estimate of drug-likeness (QED) is 0.294. The zero-order chi connectivity index (χ0) is 26.8. The Morgan fingerprint density at radius 2 is 1.75 bits per heavy atom. The van der Waals surface area contributed by atoms with Crippen LogP contribution >= 0.6 is 0 Å². The van der Waals surface area contributed by atoms with Gasteiger partial charge in [0.15, 0.2) is 11.5 Å². The lowest BCUT2D eigenvalue weighted by Crippen LogP contribution is -2.45.